The van der Waals surface area contributed by atoms with Crippen LogP contribution in [0.3, 0.4) is 0 Å². The van der Waals surface area contributed by atoms with Gasteiger partial charge in [-0.15, -0.1) is 0 Å². The van der Waals surface area contributed by atoms with Crippen molar-refractivity contribution in [3.8, 4) is 11.5 Å². The van der Waals surface area contributed by atoms with E-state index in [4.69, 9.17) is 21.1 Å². The van der Waals surface area contributed by atoms with Crippen molar-refractivity contribution in [2.45, 2.75) is 0 Å². The SMILES string of the molecule is Clc1nc(N/N=C/c2ccc3c(c2)OCO3)c2[nH]cnc2n1. The fourth-order valence-electron chi connectivity index (χ4n) is 2.05. The Morgan fingerprint density at radius 1 is 1.27 bits per heavy atom. The molecule has 0 saturated carbocycles. The normalized spacial score (nSPS) is 13.1. The quantitative estimate of drug-likeness (QED) is 0.436. The van der Waals surface area contributed by atoms with Crippen LogP contribution in [0.1, 0.15) is 5.56 Å². The monoisotopic (exact) mass is 316 g/mol. The predicted molar refractivity (Wildman–Crippen MR) is 80.5 cm³/mol. The third-order valence-electron chi connectivity index (χ3n) is 3.04. The highest BCUT2D eigenvalue weighted by atomic mass is 35.5. The second kappa shape index (κ2) is 5.15. The van der Waals surface area contributed by atoms with Crippen molar-refractivity contribution in [1.82, 2.24) is 19.9 Å². The Hall–Kier alpha value is -2.87. The molecule has 110 valence electrons. The number of nitrogens with one attached hydrogen (secondary N) is 2. The topological polar surface area (TPSA) is 97.3 Å². The molecule has 8 nitrogen and oxygen atoms in total. The Morgan fingerprint density at radius 3 is 3.14 bits per heavy atom. The van der Waals surface area contributed by atoms with Crippen LogP contribution in [0.15, 0.2) is 29.6 Å². The first kappa shape index (κ1) is 12.8. The van der Waals surface area contributed by atoms with Gasteiger partial charge in [-0.05, 0) is 35.4 Å². The smallest absolute Gasteiger partial charge is 0.231 e. The number of fused-ring (bicyclic) bond motifs is 2. The summed E-state index contributed by atoms with van der Waals surface area (Å²) in [5, 5.41) is 4.24. The van der Waals surface area contributed by atoms with Gasteiger partial charge in [-0.2, -0.15) is 15.1 Å². The number of aromatic amines is 1. The Balaban J connectivity index is 1.57. The number of H-pyrrole nitrogens is 1. The second-order valence-corrected chi connectivity index (χ2v) is 4.76. The van der Waals surface area contributed by atoms with Crippen molar-refractivity contribution in [2.24, 2.45) is 5.10 Å². The van der Waals surface area contributed by atoms with Crippen molar-refractivity contribution in [3.05, 3.63) is 35.4 Å². The van der Waals surface area contributed by atoms with E-state index in [-0.39, 0.29) is 12.1 Å². The van der Waals surface area contributed by atoms with Gasteiger partial charge in [0.1, 0.15) is 5.52 Å². The van der Waals surface area contributed by atoms with Gasteiger partial charge in [0.05, 0.1) is 12.5 Å². The van der Waals surface area contributed by atoms with Crippen LogP contribution in [0.2, 0.25) is 5.28 Å². The highest BCUT2D eigenvalue weighted by Gasteiger charge is 2.12. The van der Waals surface area contributed by atoms with Crippen molar-refractivity contribution >= 4 is 34.8 Å². The van der Waals surface area contributed by atoms with Gasteiger partial charge in [0.2, 0.25) is 12.1 Å². The number of aromatic nitrogens is 4. The third-order valence-corrected chi connectivity index (χ3v) is 3.21. The number of halogens is 1. The van der Waals surface area contributed by atoms with E-state index in [0.717, 1.165) is 11.3 Å². The molecule has 3 aromatic rings. The van der Waals surface area contributed by atoms with Gasteiger partial charge in [0, 0.05) is 0 Å². The molecule has 22 heavy (non-hydrogen) atoms. The molecule has 0 saturated heterocycles. The summed E-state index contributed by atoms with van der Waals surface area (Å²) in [7, 11) is 0. The van der Waals surface area contributed by atoms with Crippen molar-refractivity contribution in [1.29, 1.82) is 0 Å². The molecule has 2 aromatic heterocycles. The van der Waals surface area contributed by atoms with Crippen molar-refractivity contribution in [3.63, 3.8) is 0 Å². The lowest BCUT2D eigenvalue weighted by Crippen LogP contribution is -1.97. The molecule has 0 atom stereocenters. The van der Waals surface area contributed by atoms with Gasteiger partial charge in [-0.25, -0.2) is 4.98 Å². The standard InChI is InChI=1S/C13H9ClN6O2/c14-13-18-11-10(15-5-16-11)12(19-13)20-17-4-7-1-2-8-9(3-7)22-6-21-8/h1-5H,6H2,(H2,15,16,18,19,20)/b17-4+. The van der Waals surface area contributed by atoms with Crippen LogP contribution in [-0.4, -0.2) is 32.9 Å². The number of imidazole rings is 1. The average molecular weight is 317 g/mol. The number of hydrogen-bond acceptors (Lipinski definition) is 7. The second-order valence-electron chi connectivity index (χ2n) is 4.43. The van der Waals surface area contributed by atoms with E-state index < -0.39 is 0 Å². The molecule has 4 rings (SSSR count). The minimum Gasteiger partial charge on any atom is -0.454 e. The van der Waals surface area contributed by atoms with Crippen LogP contribution in [-0.2, 0) is 0 Å². The number of rotatable bonds is 3. The number of hydrazone groups is 1. The van der Waals surface area contributed by atoms with E-state index in [2.05, 4.69) is 30.5 Å². The highest BCUT2D eigenvalue weighted by Crippen LogP contribution is 2.32. The molecule has 0 spiro atoms. The minimum absolute atomic E-state index is 0.0976. The fourth-order valence-corrected chi connectivity index (χ4v) is 2.21. The lowest BCUT2D eigenvalue weighted by atomic mass is 10.2. The molecular formula is C13H9ClN6O2. The number of anilines is 1. The maximum Gasteiger partial charge on any atom is 0.231 e. The van der Waals surface area contributed by atoms with E-state index >= 15 is 0 Å². The van der Waals surface area contributed by atoms with E-state index in [1.54, 1.807) is 6.21 Å². The summed E-state index contributed by atoms with van der Waals surface area (Å²) in [4.78, 5) is 15.0. The summed E-state index contributed by atoms with van der Waals surface area (Å²) in [6.45, 7) is 0.241. The zero-order chi connectivity index (χ0) is 14.9. The molecule has 2 N–H and O–H groups in total. The molecule has 0 unspecified atom stereocenters. The molecule has 1 aliphatic rings. The van der Waals surface area contributed by atoms with Gasteiger partial charge < -0.3 is 14.5 Å². The summed E-state index contributed by atoms with van der Waals surface area (Å²) >= 11 is 5.84. The minimum atomic E-state index is 0.0976. The summed E-state index contributed by atoms with van der Waals surface area (Å²) < 4.78 is 10.6. The molecular weight excluding hydrogens is 308 g/mol. The molecule has 0 fully saturated rings. The van der Waals surface area contributed by atoms with E-state index in [1.165, 1.54) is 6.33 Å². The number of hydrogen-bond donors (Lipinski definition) is 2. The number of nitrogens with zero attached hydrogens (tertiary/aromatic N) is 4. The fraction of sp³-hybridized carbons (Fsp3) is 0.0769. The Labute approximate surface area is 129 Å². The maximum absolute atomic E-state index is 5.84. The van der Waals surface area contributed by atoms with E-state index in [0.29, 0.717) is 22.7 Å². The Bertz CT molecular complexity index is 878. The lowest BCUT2D eigenvalue weighted by Gasteiger charge is -2.01. The van der Waals surface area contributed by atoms with Gasteiger partial charge in [-0.3, -0.25) is 5.43 Å². The molecule has 1 aromatic carbocycles. The average Bonchev–Trinajstić information content (AvgIpc) is 3.14. The molecule has 1 aliphatic heterocycles. The zero-order valence-corrected chi connectivity index (χ0v) is 11.8. The third kappa shape index (κ3) is 2.29. The Morgan fingerprint density at radius 2 is 2.18 bits per heavy atom. The molecule has 9 heteroatoms. The van der Waals surface area contributed by atoms with Crippen LogP contribution >= 0.6 is 11.6 Å². The largest absolute Gasteiger partial charge is 0.454 e. The molecule has 0 amide bonds. The van der Waals surface area contributed by atoms with Crippen LogP contribution in [0.4, 0.5) is 5.82 Å². The van der Waals surface area contributed by atoms with Gasteiger partial charge in [0.25, 0.3) is 0 Å². The number of ether oxygens (including phenoxy) is 2. The summed E-state index contributed by atoms with van der Waals surface area (Å²) in [6, 6.07) is 5.54. The molecule has 0 aliphatic carbocycles. The van der Waals surface area contributed by atoms with Crippen LogP contribution < -0.4 is 14.9 Å². The van der Waals surface area contributed by atoms with Gasteiger partial charge in [0.15, 0.2) is 23.0 Å². The van der Waals surface area contributed by atoms with Gasteiger partial charge in [-0.1, -0.05) is 0 Å². The van der Waals surface area contributed by atoms with Crippen LogP contribution in [0.25, 0.3) is 11.2 Å². The molecule has 0 radical (unpaired) electrons. The predicted octanol–water partition coefficient (Wildman–Crippen LogP) is 2.18. The van der Waals surface area contributed by atoms with Crippen molar-refractivity contribution < 1.29 is 9.47 Å². The summed E-state index contributed by atoms with van der Waals surface area (Å²) in [6.07, 6.45) is 3.16. The van der Waals surface area contributed by atoms with Crippen molar-refractivity contribution in [2.75, 3.05) is 12.2 Å². The zero-order valence-electron chi connectivity index (χ0n) is 11.1. The highest BCUT2D eigenvalue weighted by molar-refractivity contribution is 6.28. The number of benzene rings is 1. The lowest BCUT2D eigenvalue weighted by molar-refractivity contribution is 0.174. The van der Waals surface area contributed by atoms with Crippen LogP contribution in [0.5, 0.6) is 11.5 Å². The first-order valence-electron chi connectivity index (χ1n) is 6.35. The van der Waals surface area contributed by atoms with Gasteiger partial charge >= 0.3 is 0 Å². The van der Waals surface area contributed by atoms with E-state index in [1.807, 2.05) is 18.2 Å². The Kier molecular flexibility index (Phi) is 3.01. The van der Waals surface area contributed by atoms with E-state index in [9.17, 15) is 0 Å². The van der Waals surface area contributed by atoms with Crippen LogP contribution in [0, 0.1) is 0 Å². The first-order valence-corrected chi connectivity index (χ1v) is 6.73. The molecule has 0 bridgehead atoms. The molecule has 3 heterocycles. The maximum atomic E-state index is 5.84. The summed E-state index contributed by atoms with van der Waals surface area (Å²) in [5.74, 6) is 1.88. The first-order chi connectivity index (χ1) is 10.8. The summed E-state index contributed by atoms with van der Waals surface area (Å²) in [5.41, 5.74) is 4.79.